The second-order valence-corrected chi connectivity index (χ2v) is 3.60. The fraction of sp³-hybridized carbons (Fsp3) is 0.308. The van der Waals surface area contributed by atoms with E-state index in [1.54, 1.807) is 0 Å². The molecule has 0 spiro atoms. The predicted octanol–water partition coefficient (Wildman–Crippen LogP) is 2.48. The van der Waals surface area contributed by atoms with Crippen LogP contribution < -0.4 is 5.32 Å². The molecule has 2 nitrogen and oxygen atoms in total. The summed E-state index contributed by atoms with van der Waals surface area (Å²) < 4.78 is 0. The maximum atomic E-state index is 10.9. The lowest BCUT2D eigenvalue weighted by molar-refractivity contribution is -0.116. The molecule has 0 saturated heterocycles. The molecule has 0 aliphatic carbocycles. The lowest BCUT2D eigenvalue weighted by atomic mass is 9.98. The molecule has 0 saturated carbocycles. The number of hydrogen-bond acceptors (Lipinski definition) is 1. The van der Waals surface area contributed by atoms with Crippen LogP contribution >= 0.6 is 0 Å². The van der Waals surface area contributed by atoms with Crippen LogP contribution in [0.4, 0.5) is 0 Å². The third-order valence-electron chi connectivity index (χ3n) is 2.43. The van der Waals surface area contributed by atoms with Crippen LogP contribution in [-0.4, -0.2) is 12.5 Å². The zero-order valence-electron chi connectivity index (χ0n) is 9.07. The quantitative estimate of drug-likeness (QED) is 0.732. The molecule has 0 bridgehead atoms. The molecule has 0 aromatic heterocycles. The Balaban J connectivity index is 2.34. The Hall–Kier alpha value is -1.57. The topological polar surface area (TPSA) is 29.1 Å². The minimum absolute atomic E-state index is 0.102. The summed E-state index contributed by atoms with van der Waals surface area (Å²) in [4.78, 5) is 10.9. The average Bonchev–Trinajstić information content (AvgIpc) is 2.29. The molecule has 0 aliphatic rings. The Morgan fingerprint density at radius 3 is 2.73 bits per heavy atom. The fourth-order valence-corrected chi connectivity index (χ4v) is 1.43. The van der Waals surface area contributed by atoms with Gasteiger partial charge in [0.15, 0.2) is 0 Å². The summed E-state index contributed by atoms with van der Waals surface area (Å²) in [5, 5.41) is 2.78. The summed E-state index contributed by atoms with van der Waals surface area (Å²) in [5.41, 5.74) is 1.31. The molecule has 15 heavy (non-hydrogen) atoms. The predicted molar refractivity (Wildman–Crippen MR) is 62.7 cm³/mol. The number of nitrogens with one attached hydrogen (secondary N) is 1. The van der Waals surface area contributed by atoms with Crippen molar-refractivity contribution in [2.45, 2.75) is 19.3 Å². The van der Waals surface area contributed by atoms with Gasteiger partial charge in [-0.05, 0) is 24.0 Å². The number of carbonyl (C=O) groups excluding carboxylic acids is 1. The zero-order chi connectivity index (χ0) is 11.1. The first-order valence-corrected chi connectivity index (χ1v) is 5.19. The van der Waals surface area contributed by atoms with Crippen LogP contribution in [0.5, 0.6) is 0 Å². The SMILES string of the molecule is C=CC(=O)NCCC(C)c1ccccc1. The molecular weight excluding hydrogens is 186 g/mol. The molecule has 1 amide bonds. The van der Waals surface area contributed by atoms with E-state index in [2.05, 4.69) is 31.0 Å². The maximum Gasteiger partial charge on any atom is 0.243 e. The number of benzene rings is 1. The summed E-state index contributed by atoms with van der Waals surface area (Å²) in [7, 11) is 0. The van der Waals surface area contributed by atoms with Gasteiger partial charge < -0.3 is 5.32 Å². The van der Waals surface area contributed by atoms with Crippen molar-refractivity contribution in [3.63, 3.8) is 0 Å². The number of amides is 1. The Morgan fingerprint density at radius 2 is 2.13 bits per heavy atom. The lowest BCUT2D eigenvalue weighted by Crippen LogP contribution is -2.22. The van der Waals surface area contributed by atoms with Gasteiger partial charge in [0.1, 0.15) is 0 Å². The highest BCUT2D eigenvalue weighted by atomic mass is 16.1. The van der Waals surface area contributed by atoms with Gasteiger partial charge in [-0.1, -0.05) is 43.8 Å². The second-order valence-electron chi connectivity index (χ2n) is 3.60. The Bertz CT molecular complexity index is 319. The van der Waals surface area contributed by atoms with Crippen molar-refractivity contribution >= 4 is 5.91 Å². The first-order valence-electron chi connectivity index (χ1n) is 5.19. The summed E-state index contributed by atoms with van der Waals surface area (Å²) in [6, 6.07) is 10.3. The maximum absolute atomic E-state index is 10.9. The molecule has 1 rings (SSSR count). The third kappa shape index (κ3) is 3.98. The van der Waals surface area contributed by atoms with E-state index >= 15 is 0 Å². The average molecular weight is 203 g/mol. The highest BCUT2D eigenvalue weighted by Crippen LogP contribution is 2.17. The van der Waals surface area contributed by atoms with Crippen molar-refractivity contribution < 1.29 is 4.79 Å². The molecule has 1 atom stereocenters. The van der Waals surface area contributed by atoms with Crippen molar-refractivity contribution in [2.24, 2.45) is 0 Å². The first kappa shape index (κ1) is 11.5. The Labute approximate surface area is 91.0 Å². The van der Waals surface area contributed by atoms with Gasteiger partial charge in [0.25, 0.3) is 0 Å². The summed E-state index contributed by atoms with van der Waals surface area (Å²) in [6.07, 6.45) is 2.25. The summed E-state index contributed by atoms with van der Waals surface area (Å²) in [5.74, 6) is 0.367. The molecule has 0 radical (unpaired) electrons. The number of rotatable bonds is 5. The van der Waals surface area contributed by atoms with Crippen LogP contribution in [0.1, 0.15) is 24.8 Å². The van der Waals surface area contributed by atoms with Gasteiger partial charge in [0.05, 0.1) is 0 Å². The molecule has 1 N–H and O–H groups in total. The number of carbonyl (C=O) groups is 1. The van der Waals surface area contributed by atoms with E-state index in [1.165, 1.54) is 11.6 Å². The minimum Gasteiger partial charge on any atom is -0.353 e. The number of hydrogen-bond donors (Lipinski definition) is 1. The van der Waals surface area contributed by atoms with Gasteiger partial charge in [-0.3, -0.25) is 4.79 Å². The van der Waals surface area contributed by atoms with Crippen LogP contribution in [0.25, 0.3) is 0 Å². The summed E-state index contributed by atoms with van der Waals surface area (Å²) in [6.45, 7) is 6.26. The van der Waals surface area contributed by atoms with E-state index in [1.807, 2.05) is 18.2 Å². The highest BCUT2D eigenvalue weighted by molar-refractivity contribution is 5.86. The highest BCUT2D eigenvalue weighted by Gasteiger charge is 2.04. The van der Waals surface area contributed by atoms with E-state index < -0.39 is 0 Å². The molecule has 2 heteroatoms. The molecule has 1 unspecified atom stereocenters. The van der Waals surface area contributed by atoms with Crippen molar-refractivity contribution in [3.8, 4) is 0 Å². The summed E-state index contributed by atoms with van der Waals surface area (Å²) >= 11 is 0. The lowest BCUT2D eigenvalue weighted by Gasteiger charge is -2.11. The molecular formula is C13H17NO. The van der Waals surface area contributed by atoms with Crippen LogP contribution in [0.15, 0.2) is 43.0 Å². The van der Waals surface area contributed by atoms with Crippen LogP contribution in [0, 0.1) is 0 Å². The normalized spacial score (nSPS) is 11.8. The van der Waals surface area contributed by atoms with Crippen LogP contribution in [0.2, 0.25) is 0 Å². The van der Waals surface area contributed by atoms with Crippen molar-refractivity contribution in [3.05, 3.63) is 48.6 Å². The largest absolute Gasteiger partial charge is 0.353 e. The van der Waals surface area contributed by atoms with E-state index in [0.29, 0.717) is 12.5 Å². The van der Waals surface area contributed by atoms with Gasteiger partial charge >= 0.3 is 0 Å². The minimum atomic E-state index is -0.102. The van der Waals surface area contributed by atoms with E-state index in [-0.39, 0.29) is 5.91 Å². The molecule has 0 aliphatic heterocycles. The van der Waals surface area contributed by atoms with Gasteiger partial charge in [0.2, 0.25) is 5.91 Å². The smallest absolute Gasteiger partial charge is 0.243 e. The first-order chi connectivity index (χ1) is 7.24. The fourth-order valence-electron chi connectivity index (χ4n) is 1.43. The van der Waals surface area contributed by atoms with Crippen LogP contribution in [-0.2, 0) is 4.79 Å². The molecule has 0 fully saturated rings. The monoisotopic (exact) mass is 203 g/mol. The second kappa shape index (κ2) is 6.02. The van der Waals surface area contributed by atoms with E-state index in [9.17, 15) is 4.79 Å². The van der Waals surface area contributed by atoms with Crippen molar-refractivity contribution in [1.29, 1.82) is 0 Å². The van der Waals surface area contributed by atoms with Gasteiger partial charge in [-0.15, -0.1) is 0 Å². The Kier molecular flexibility index (Phi) is 4.61. The van der Waals surface area contributed by atoms with Gasteiger partial charge in [0, 0.05) is 6.54 Å². The Morgan fingerprint density at radius 1 is 1.47 bits per heavy atom. The van der Waals surface area contributed by atoms with E-state index in [4.69, 9.17) is 0 Å². The van der Waals surface area contributed by atoms with Gasteiger partial charge in [-0.25, -0.2) is 0 Å². The van der Waals surface area contributed by atoms with Gasteiger partial charge in [-0.2, -0.15) is 0 Å². The van der Waals surface area contributed by atoms with Crippen molar-refractivity contribution in [2.75, 3.05) is 6.54 Å². The standard InChI is InChI=1S/C13H17NO/c1-3-13(15)14-10-9-11(2)12-7-5-4-6-8-12/h3-8,11H,1,9-10H2,2H3,(H,14,15). The van der Waals surface area contributed by atoms with E-state index in [0.717, 1.165) is 6.42 Å². The zero-order valence-corrected chi connectivity index (χ0v) is 9.07. The molecule has 1 aromatic rings. The molecule has 80 valence electrons. The van der Waals surface area contributed by atoms with Crippen LogP contribution in [0.3, 0.4) is 0 Å². The third-order valence-corrected chi connectivity index (χ3v) is 2.43. The molecule has 0 heterocycles. The van der Waals surface area contributed by atoms with Crippen molar-refractivity contribution in [1.82, 2.24) is 5.32 Å². The molecule has 1 aromatic carbocycles.